The van der Waals surface area contributed by atoms with E-state index in [1.54, 1.807) is 0 Å². The minimum atomic E-state index is 0.298. The Morgan fingerprint density at radius 3 is 2.39 bits per heavy atom. The molecule has 1 unspecified atom stereocenters. The van der Waals surface area contributed by atoms with E-state index in [2.05, 4.69) is 50.4 Å². The molecule has 0 aliphatic heterocycles. The predicted molar refractivity (Wildman–Crippen MR) is 75.8 cm³/mol. The normalized spacial score (nSPS) is 17.1. The Balaban J connectivity index is 1.81. The molecular weight excluding hydrogens is 222 g/mol. The van der Waals surface area contributed by atoms with Gasteiger partial charge in [0.25, 0.3) is 0 Å². The second kappa shape index (κ2) is 6.35. The summed E-state index contributed by atoms with van der Waals surface area (Å²) in [5.41, 5.74) is 2.67. The lowest BCUT2D eigenvalue weighted by atomic mass is 10.00. The van der Waals surface area contributed by atoms with Crippen LogP contribution in [0, 0.1) is 0 Å². The molecule has 0 spiro atoms. The first-order chi connectivity index (χ1) is 8.65. The van der Waals surface area contributed by atoms with Gasteiger partial charge in [-0.25, -0.2) is 0 Å². The molecule has 1 atom stereocenters. The minimum absolute atomic E-state index is 0.298. The van der Waals surface area contributed by atoms with Crippen LogP contribution in [0.5, 0.6) is 0 Å². The topological polar surface area (TPSA) is 21.3 Å². The molecule has 1 aromatic rings. The van der Waals surface area contributed by atoms with Crippen LogP contribution >= 0.6 is 0 Å². The standard InChI is InChI=1S/C16H25NO/c1-12(2)18-11-14-4-6-15(7-5-14)13(3)10-17-16-8-9-16/h4-7,12-13,16-17H,8-11H2,1-3H3. The second-order valence-electron chi connectivity index (χ2n) is 5.68. The lowest BCUT2D eigenvalue weighted by Gasteiger charge is -2.14. The van der Waals surface area contributed by atoms with Crippen LogP contribution in [-0.2, 0) is 11.3 Å². The van der Waals surface area contributed by atoms with Crippen LogP contribution in [0.25, 0.3) is 0 Å². The van der Waals surface area contributed by atoms with Crippen molar-refractivity contribution in [3.8, 4) is 0 Å². The summed E-state index contributed by atoms with van der Waals surface area (Å²) in [6, 6.07) is 9.64. The summed E-state index contributed by atoms with van der Waals surface area (Å²) in [6.45, 7) is 8.23. The molecule has 0 aromatic heterocycles. The monoisotopic (exact) mass is 247 g/mol. The van der Waals surface area contributed by atoms with Crippen molar-refractivity contribution in [2.24, 2.45) is 0 Å². The van der Waals surface area contributed by atoms with Crippen molar-refractivity contribution in [3.05, 3.63) is 35.4 Å². The van der Waals surface area contributed by atoms with Crippen molar-refractivity contribution in [2.45, 2.75) is 58.3 Å². The fourth-order valence-corrected chi connectivity index (χ4v) is 1.95. The Hall–Kier alpha value is -0.860. The third kappa shape index (κ3) is 4.43. The maximum absolute atomic E-state index is 5.60. The molecule has 1 aliphatic rings. The van der Waals surface area contributed by atoms with Crippen molar-refractivity contribution in [1.29, 1.82) is 0 Å². The molecular formula is C16H25NO. The third-order valence-corrected chi connectivity index (χ3v) is 3.42. The van der Waals surface area contributed by atoms with E-state index >= 15 is 0 Å². The predicted octanol–water partition coefficient (Wildman–Crippen LogP) is 3.47. The summed E-state index contributed by atoms with van der Waals surface area (Å²) in [4.78, 5) is 0. The first-order valence-electron chi connectivity index (χ1n) is 7.09. The first-order valence-corrected chi connectivity index (χ1v) is 7.09. The summed E-state index contributed by atoms with van der Waals surface area (Å²) in [5.74, 6) is 0.589. The lowest BCUT2D eigenvalue weighted by molar-refractivity contribution is 0.0657. The molecule has 1 aromatic carbocycles. The molecule has 1 saturated carbocycles. The maximum atomic E-state index is 5.60. The molecule has 0 heterocycles. The van der Waals surface area contributed by atoms with Crippen LogP contribution in [0.4, 0.5) is 0 Å². The average Bonchev–Trinajstić information content (AvgIpc) is 3.18. The fourth-order valence-electron chi connectivity index (χ4n) is 1.95. The van der Waals surface area contributed by atoms with Gasteiger partial charge in [-0.15, -0.1) is 0 Å². The van der Waals surface area contributed by atoms with E-state index in [4.69, 9.17) is 4.74 Å². The molecule has 0 amide bonds. The molecule has 2 nitrogen and oxygen atoms in total. The maximum Gasteiger partial charge on any atom is 0.0720 e. The van der Waals surface area contributed by atoms with Gasteiger partial charge in [0.15, 0.2) is 0 Å². The van der Waals surface area contributed by atoms with Gasteiger partial charge in [0.1, 0.15) is 0 Å². The van der Waals surface area contributed by atoms with Crippen LogP contribution < -0.4 is 5.32 Å². The van der Waals surface area contributed by atoms with Crippen molar-refractivity contribution in [2.75, 3.05) is 6.54 Å². The van der Waals surface area contributed by atoms with Gasteiger partial charge in [0.05, 0.1) is 12.7 Å². The molecule has 18 heavy (non-hydrogen) atoms. The van der Waals surface area contributed by atoms with Gasteiger partial charge in [0.2, 0.25) is 0 Å². The zero-order valence-electron chi connectivity index (χ0n) is 11.8. The van der Waals surface area contributed by atoms with Crippen LogP contribution in [0.15, 0.2) is 24.3 Å². The van der Waals surface area contributed by atoms with Gasteiger partial charge in [-0.2, -0.15) is 0 Å². The number of hydrogen-bond donors (Lipinski definition) is 1. The molecule has 2 heteroatoms. The van der Waals surface area contributed by atoms with Crippen molar-refractivity contribution < 1.29 is 4.74 Å². The smallest absolute Gasteiger partial charge is 0.0720 e. The highest BCUT2D eigenvalue weighted by molar-refractivity contribution is 5.25. The molecule has 0 bridgehead atoms. The van der Waals surface area contributed by atoms with Gasteiger partial charge in [0, 0.05) is 12.6 Å². The largest absolute Gasteiger partial charge is 0.374 e. The first kappa shape index (κ1) is 13.6. The van der Waals surface area contributed by atoms with Crippen LogP contribution in [0.3, 0.4) is 0 Å². The molecule has 100 valence electrons. The number of nitrogens with one attached hydrogen (secondary N) is 1. The van der Waals surface area contributed by atoms with E-state index in [0.717, 1.165) is 12.6 Å². The van der Waals surface area contributed by atoms with E-state index < -0.39 is 0 Å². The van der Waals surface area contributed by atoms with Gasteiger partial charge >= 0.3 is 0 Å². The Morgan fingerprint density at radius 2 is 1.83 bits per heavy atom. The summed E-state index contributed by atoms with van der Waals surface area (Å²) in [7, 11) is 0. The zero-order chi connectivity index (χ0) is 13.0. The van der Waals surface area contributed by atoms with E-state index in [-0.39, 0.29) is 0 Å². The third-order valence-electron chi connectivity index (χ3n) is 3.42. The highest BCUT2D eigenvalue weighted by Gasteiger charge is 2.21. The number of benzene rings is 1. The van der Waals surface area contributed by atoms with E-state index in [1.807, 2.05) is 0 Å². The second-order valence-corrected chi connectivity index (χ2v) is 5.68. The van der Waals surface area contributed by atoms with E-state index in [0.29, 0.717) is 18.6 Å². The van der Waals surface area contributed by atoms with Crippen molar-refractivity contribution >= 4 is 0 Å². The quantitative estimate of drug-likeness (QED) is 0.796. The molecule has 1 fully saturated rings. The number of rotatable bonds is 7. The fraction of sp³-hybridized carbons (Fsp3) is 0.625. The molecule has 0 saturated heterocycles. The van der Waals surface area contributed by atoms with Crippen molar-refractivity contribution in [3.63, 3.8) is 0 Å². The van der Waals surface area contributed by atoms with Crippen LogP contribution in [0.1, 0.15) is 50.7 Å². The lowest BCUT2D eigenvalue weighted by Crippen LogP contribution is -2.22. The highest BCUT2D eigenvalue weighted by Crippen LogP contribution is 2.21. The average molecular weight is 247 g/mol. The van der Waals surface area contributed by atoms with E-state index in [9.17, 15) is 0 Å². The molecule has 0 radical (unpaired) electrons. The summed E-state index contributed by atoms with van der Waals surface area (Å²) in [5, 5.41) is 3.58. The molecule has 2 rings (SSSR count). The summed E-state index contributed by atoms with van der Waals surface area (Å²) >= 11 is 0. The van der Waals surface area contributed by atoms with Gasteiger partial charge in [-0.3, -0.25) is 0 Å². The summed E-state index contributed by atoms with van der Waals surface area (Å²) in [6.07, 6.45) is 3.02. The van der Waals surface area contributed by atoms with Gasteiger partial charge in [-0.1, -0.05) is 31.2 Å². The highest BCUT2D eigenvalue weighted by atomic mass is 16.5. The van der Waals surface area contributed by atoms with Crippen molar-refractivity contribution in [1.82, 2.24) is 5.32 Å². The van der Waals surface area contributed by atoms with Gasteiger partial charge in [-0.05, 0) is 43.7 Å². The number of ether oxygens (including phenoxy) is 1. The Bertz CT molecular complexity index is 354. The van der Waals surface area contributed by atoms with E-state index in [1.165, 1.54) is 24.0 Å². The Labute approximate surface area is 111 Å². The summed E-state index contributed by atoms with van der Waals surface area (Å²) < 4.78 is 5.60. The SMILES string of the molecule is CC(C)OCc1ccc(C(C)CNC2CC2)cc1. The minimum Gasteiger partial charge on any atom is -0.374 e. The molecule has 1 N–H and O–H groups in total. The molecule has 1 aliphatic carbocycles. The van der Waals surface area contributed by atoms with Crippen LogP contribution in [-0.4, -0.2) is 18.7 Å². The van der Waals surface area contributed by atoms with Gasteiger partial charge < -0.3 is 10.1 Å². The zero-order valence-corrected chi connectivity index (χ0v) is 11.8. The Morgan fingerprint density at radius 1 is 1.17 bits per heavy atom. The van der Waals surface area contributed by atoms with Crippen LogP contribution in [0.2, 0.25) is 0 Å². The number of hydrogen-bond acceptors (Lipinski definition) is 2. The Kier molecular flexibility index (Phi) is 4.79.